The number of hydrogen-bond acceptors (Lipinski definition) is 4. The zero-order valence-corrected chi connectivity index (χ0v) is 15.6. The van der Waals surface area contributed by atoms with E-state index < -0.39 is 0 Å². The van der Waals surface area contributed by atoms with E-state index in [4.69, 9.17) is 4.74 Å². The predicted octanol–water partition coefficient (Wildman–Crippen LogP) is 5.74. The summed E-state index contributed by atoms with van der Waals surface area (Å²) in [5.41, 5.74) is 4.40. The molecule has 3 N–H and O–H groups in total. The zero-order chi connectivity index (χ0) is 18.2. The van der Waals surface area contributed by atoms with Gasteiger partial charge in [0.15, 0.2) is 0 Å². The Hall–Kier alpha value is -3.32. The van der Waals surface area contributed by atoms with Gasteiger partial charge in [-0.2, -0.15) is 0 Å². The normalized spacial score (nSPS) is 11.1. The number of pyridine rings is 1. The smallest absolute Gasteiger partial charge is 0.205 e. The van der Waals surface area contributed by atoms with E-state index in [9.17, 15) is 0 Å². The van der Waals surface area contributed by atoms with Gasteiger partial charge >= 0.3 is 0 Å². The molecule has 0 aliphatic carbocycles. The number of imidazole rings is 1. The maximum Gasteiger partial charge on any atom is 0.205 e. The van der Waals surface area contributed by atoms with E-state index in [1.807, 2.05) is 60.8 Å². The van der Waals surface area contributed by atoms with Gasteiger partial charge in [0.2, 0.25) is 5.95 Å². The Kier molecular flexibility index (Phi) is 3.79. The van der Waals surface area contributed by atoms with Gasteiger partial charge < -0.3 is 20.0 Å². The van der Waals surface area contributed by atoms with Crippen molar-refractivity contribution in [1.29, 1.82) is 0 Å². The molecule has 3 heterocycles. The van der Waals surface area contributed by atoms with Gasteiger partial charge in [-0.1, -0.05) is 18.2 Å². The molecular formula is C20H14BrN5O. The monoisotopic (exact) mass is 419 g/mol. The Bertz CT molecular complexity index is 1250. The molecule has 5 rings (SSSR count). The van der Waals surface area contributed by atoms with E-state index in [-0.39, 0.29) is 0 Å². The number of fused-ring (bicyclic) bond motifs is 2. The SMILES string of the molecule is Brc1cnc2c(Nc3nc4ccc(Oc5ccccc5)cc4[nH]3)c[nH]c2c1. The molecular weight excluding hydrogens is 406 g/mol. The number of rotatable bonds is 4. The summed E-state index contributed by atoms with van der Waals surface area (Å²) in [6, 6.07) is 17.5. The van der Waals surface area contributed by atoms with Crippen LogP contribution in [0.1, 0.15) is 0 Å². The van der Waals surface area contributed by atoms with Gasteiger partial charge in [-0.15, -0.1) is 0 Å². The Balaban J connectivity index is 1.44. The summed E-state index contributed by atoms with van der Waals surface area (Å²) in [5.74, 6) is 2.20. The van der Waals surface area contributed by atoms with Crippen molar-refractivity contribution in [3.8, 4) is 11.5 Å². The van der Waals surface area contributed by atoms with Crippen LogP contribution in [0.3, 0.4) is 0 Å². The quantitative estimate of drug-likeness (QED) is 0.347. The van der Waals surface area contributed by atoms with Gasteiger partial charge in [0.1, 0.15) is 17.0 Å². The second-order valence-electron chi connectivity index (χ2n) is 6.06. The van der Waals surface area contributed by atoms with Gasteiger partial charge in [-0.05, 0) is 46.3 Å². The number of benzene rings is 2. The fraction of sp³-hybridized carbons (Fsp3) is 0. The molecule has 0 aliphatic heterocycles. The highest BCUT2D eigenvalue weighted by Crippen LogP contribution is 2.28. The summed E-state index contributed by atoms with van der Waals surface area (Å²) in [6.45, 7) is 0. The van der Waals surface area contributed by atoms with Crippen LogP contribution in [0, 0.1) is 0 Å². The van der Waals surface area contributed by atoms with E-state index in [1.165, 1.54) is 0 Å². The maximum atomic E-state index is 5.88. The van der Waals surface area contributed by atoms with Crippen molar-refractivity contribution in [2.24, 2.45) is 0 Å². The van der Waals surface area contributed by atoms with Gasteiger partial charge in [-0.3, -0.25) is 4.98 Å². The van der Waals surface area contributed by atoms with Crippen LogP contribution >= 0.6 is 15.9 Å². The van der Waals surface area contributed by atoms with Crippen molar-refractivity contribution in [2.45, 2.75) is 0 Å². The number of ether oxygens (including phenoxy) is 1. The largest absolute Gasteiger partial charge is 0.457 e. The van der Waals surface area contributed by atoms with Crippen LogP contribution in [-0.4, -0.2) is 19.9 Å². The van der Waals surface area contributed by atoms with Crippen LogP contribution in [0.2, 0.25) is 0 Å². The summed E-state index contributed by atoms with van der Waals surface area (Å²) in [5, 5.41) is 3.29. The van der Waals surface area contributed by atoms with E-state index in [1.54, 1.807) is 6.20 Å². The van der Waals surface area contributed by atoms with Gasteiger partial charge in [0, 0.05) is 22.9 Å². The molecule has 0 spiro atoms. The number of aromatic amines is 2. The third kappa shape index (κ3) is 3.13. The van der Waals surface area contributed by atoms with E-state index in [0.717, 1.165) is 43.7 Å². The minimum absolute atomic E-state index is 0.646. The lowest BCUT2D eigenvalue weighted by molar-refractivity contribution is 0.483. The molecule has 132 valence electrons. The summed E-state index contributed by atoms with van der Waals surface area (Å²) in [6.07, 6.45) is 3.65. The molecule has 0 aliphatic rings. The van der Waals surface area contributed by atoms with E-state index in [2.05, 4.69) is 41.2 Å². The first kappa shape index (κ1) is 15.9. The van der Waals surface area contributed by atoms with Gasteiger partial charge in [-0.25, -0.2) is 4.98 Å². The van der Waals surface area contributed by atoms with Crippen LogP contribution in [0.5, 0.6) is 11.5 Å². The molecule has 0 saturated carbocycles. The molecule has 3 aromatic heterocycles. The molecule has 6 nitrogen and oxygen atoms in total. The summed E-state index contributed by atoms with van der Waals surface area (Å²) in [4.78, 5) is 15.5. The van der Waals surface area contributed by atoms with Crippen molar-refractivity contribution >= 4 is 49.6 Å². The molecule has 5 aromatic rings. The lowest BCUT2D eigenvalue weighted by Crippen LogP contribution is -1.91. The molecule has 0 atom stereocenters. The predicted molar refractivity (Wildman–Crippen MR) is 110 cm³/mol. The Labute approximate surface area is 162 Å². The second-order valence-corrected chi connectivity index (χ2v) is 6.97. The van der Waals surface area contributed by atoms with Crippen molar-refractivity contribution in [2.75, 3.05) is 5.32 Å². The first-order chi connectivity index (χ1) is 13.2. The molecule has 0 radical (unpaired) electrons. The zero-order valence-electron chi connectivity index (χ0n) is 14.0. The lowest BCUT2D eigenvalue weighted by Gasteiger charge is -2.04. The van der Waals surface area contributed by atoms with Crippen LogP contribution in [-0.2, 0) is 0 Å². The number of halogens is 1. The maximum absolute atomic E-state index is 5.88. The van der Waals surface area contributed by atoms with Crippen molar-refractivity contribution in [3.05, 3.63) is 71.5 Å². The van der Waals surface area contributed by atoms with Crippen molar-refractivity contribution < 1.29 is 4.74 Å². The summed E-state index contributed by atoms with van der Waals surface area (Å²) >= 11 is 3.43. The highest BCUT2D eigenvalue weighted by Gasteiger charge is 2.09. The number of nitrogens with one attached hydrogen (secondary N) is 3. The number of H-pyrrole nitrogens is 2. The highest BCUT2D eigenvalue weighted by molar-refractivity contribution is 9.10. The summed E-state index contributed by atoms with van der Waals surface area (Å²) in [7, 11) is 0. The second kappa shape index (κ2) is 6.44. The molecule has 2 aromatic carbocycles. The topological polar surface area (TPSA) is 78.6 Å². The summed E-state index contributed by atoms with van der Waals surface area (Å²) < 4.78 is 6.81. The standard InChI is InChI=1S/C20H14BrN5O/c21-12-8-17-19(23-10-12)18(11-22-17)26-20-24-15-7-6-14(9-16(15)25-20)27-13-4-2-1-3-5-13/h1-11,22H,(H2,24,25,26). The van der Waals surface area contributed by atoms with Crippen molar-refractivity contribution in [3.63, 3.8) is 0 Å². The first-order valence-electron chi connectivity index (χ1n) is 8.37. The highest BCUT2D eigenvalue weighted by atomic mass is 79.9. The number of aromatic nitrogens is 4. The molecule has 0 saturated heterocycles. The molecule has 0 amide bonds. The van der Waals surface area contributed by atoms with Crippen LogP contribution < -0.4 is 10.1 Å². The Morgan fingerprint density at radius 3 is 2.74 bits per heavy atom. The van der Waals surface area contributed by atoms with Crippen LogP contribution in [0.15, 0.2) is 71.5 Å². The number of anilines is 2. The minimum Gasteiger partial charge on any atom is -0.457 e. The first-order valence-corrected chi connectivity index (χ1v) is 9.16. The molecule has 0 fully saturated rings. The van der Waals surface area contributed by atoms with Gasteiger partial charge in [0.05, 0.1) is 22.2 Å². The lowest BCUT2D eigenvalue weighted by atomic mass is 10.3. The molecule has 27 heavy (non-hydrogen) atoms. The van der Waals surface area contributed by atoms with E-state index in [0.29, 0.717) is 5.95 Å². The fourth-order valence-electron chi connectivity index (χ4n) is 2.94. The number of hydrogen-bond donors (Lipinski definition) is 3. The van der Waals surface area contributed by atoms with Crippen molar-refractivity contribution in [1.82, 2.24) is 19.9 Å². The molecule has 0 unspecified atom stereocenters. The fourth-order valence-corrected chi connectivity index (χ4v) is 3.27. The third-order valence-corrected chi connectivity index (χ3v) is 4.60. The van der Waals surface area contributed by atoms with Gasteiger partial charge in [0.25, 0.3) is 0 Å². The van der Waals surface area contributed by atoms with E-state index >= 15 is 0 Å². The van der Waals surface area contributed by atoms with Crippen LogP contribution in [0.25, 0.3) is 22.1 Å². The average molecular weight is 420 g/mol. The molecule has 0 bridgehead atoms. The minimum atomic E-state index is 0.646. The Morgan fingerprint density at radius 1 is 0.963 bits per heavy atom. The Morgan fingerprint density at radius 2 is 1.85 bits per heavy atom. The third-order valence-electron chi connectivity index (χ3n) is 4.17. The number of nitrogens with zero attached hydrogens (tertiary/aromatic N) is 2. The molecule has 7 heteroatoms. The van der Waals surface area contributed by atoms with Crippen LogP contribution in [0.4, 0.5) is 11.6 Å². The average Bonchev–Trinajstić information content (AvgIpc) is 3.25. The number of para-hydroxylation sites is 1.